The Kier molecular flexibility index (Phi) is 22.6. The van der Waals surface area contributed by atoms with Crippen LogP contribution in [0.5, 0.6) is 5.75 Å². The topological polar surface area (TPSA) is 266 Å². The second-order valence-electron chi connectivity index (χ2n) is 22.4. The lowest BCUT2D eigenvalue weighted by Crippen LogP contribution is -2.63. The lowest BCUT2D eigenvalue weighted by atomic mass is 9.79. The number of ketones is 2. The lowest BCUT2D eigenvalue weighted by molar-refractivity contribution is -0.162. The lowest BCUT2D eigenvalue weighted by Gasteiger charge is -2.42. The maximum absolute atomic E-state index is 14.4. The zero-order valence-electron chi connectivity index (χ0n) is 47.8. The first kappa shape index (κ1) is 64.0. The number of unbranched alkanes of at least 4 members (excludes halogenated alkanes) is 1. The van der Waals surface area contributed by atoms with Gasteiger partial charge in [0.1, 0.15) is 46.5 Å². The number of nitrogens with one attached hydrogen (secondary N) is 2. The summed E-state index contributed by atoms with van der Waals surface area (Å²) >= 11 is 8.04. The molecule has 5 amide bonds. The third-order valence-electron chi connectivity index (χ3n) is 16.7. The smallest absolute Gasteiger partial charge is 0.409 e. The van der Waals surface area contributed by atoms with Gasteiger partial charge in [0.15, 0.2) is 11.5 Å². The van der Waals surface area contributed by atoms with Crippen LogP contribution in [0.3, 0.4) is 0 Å². The Balaban J connectivity index is 1.06. The third kappa shape index (κ3) is 15.5. The number of allylic oxidation sites excluding steroid dienone is 4. The number of halogens is 1. The number of benzene rings is 1. The number of ether oxygens (including phenoxy) is 5. The van der Waals surface area contributed by atoms with Gasteiger partial charge in [-0.2, -0.15) is 0 Å². The van der Waals surface area contributed by atoms with Crippen molar-refractivity contribution in [2.24, 2.45) is 29.4 Å². The maximum atomic E-state index is 14.4. The van der Waals surface area contributed by atoms with Gasteiger partial charge >= 0.3 is 12.1 Å². The second kappa shape index (κ2) is 28.2. The quantitative estimate of drug-likeness (QED) is 0.0361. The van der Waals surface area contributed by atoms with Crippen LogP contribution in [0.2, 0.25) is 5.02 Å². The van der Waals surface area contributed by atoms with E-state index in [1.165, 1.54) is 54.7 Å². The molecule has 3 saturated heterocycles. The zero-order chi connectivity index (χ0) is 58.8. The van der Waals surface area contributed by atoms with Crippen molar-refractivity contribution in [1.82, 2.24) is 20.4 Å². The highest BCUT2D eigenvalue weighted by atomic mass is 35.5. The van der Waals surface area contributed by atoms with Crippen LogP contribution in [-0.2, 0) is 58.9 Å². The number of aliphatic hydroxyl groups is 1. The highest BCUT2D eigenvalue weighted by Crippen LogP contribution is 2.49. The van der Waals surface area contributed by atoms with E-state index in [0.29, 0.717) is 56.5 Å². The van der Waals surface area contributed by atoms with Gasteiger partial charge in [0, 0.05) is 70.5 Å². The van der Waals surface area contributed by atoms with Gasteiger partial charge in [-0.3, -0.25) is 39.0 Å². The SMILES string of the molecule is C=CC(C)C(=O)[C@H](CCCCN)NCC(=O)C1CCC(CN2C(=O)CC(SCCC(=O)N(C)[C@@H](C)C(=O)O[C@H]3CC(=O)N(C)c4cc(cc(OC)c4Cl)C/C(C)=C/C=C/[C@@H](OC)[C@@]4(O)C[C@H](OC(=O)N4)[C@@H](C)[C@@H]4O[C@@]34C)C2=O)CC1. The molecular formula is C58H83ClN6O14S. The number of hydrogen-bond acceptors (Lipinski definition) is 17. The molecule has 1 aromatic carbocycles. The van der Waals surface area contributed by atoms with E-state index in [0.717, 1.165) is 24.0 Å². The van der Waals surface area contributed by atoms with Crippen molar-refractivity contribution < 1.29 is 67.1 Å². The molecule has 20 nitrogen and oxygen atoms in total. The van der Waals surface area contributed by atoms with Crippen molar-refractivity contribution >= 4 is 76.3 Å². The Morgan fingerprint density at radius 1 is 1.09 bits per heavy atom. The summed E-state index contributed by atoms with van der Waals surface area (Å²) in [5, 5.41) is 17.1. The van der Waals surface area contributed by atoms with Crippen molar-refractivity contribution in [3.63, 3.8) is 0 Å². The largest absolute Gasteiger partial charge is 0.495 e. The van der Waals surface area contributed by atoms with E-state index in [2.05, 4.69) is 17.2 Å². The number of nitrogens with two attached hydrogens (primary N) is 1. The number of fused-ring (bicyclic) bond motifs is 5. The number of likely N-dealkylation sites (tertiary alicyclic amines) is 1. The molecule has 4 heterocycles. The van der Waals surface area contributed by atoms with Crippen LogP contribution in [-0.4, -0.2) is 169 Å². The Bertz CT molecular complexity index is 2540. The van der Waals surface area contributed by atoms with Crippen molar-refractivity contribution in [1.29, 1.82) is 0 Å². The minimum atomic E-state index is -1.89. The van der Waals surface area contributed by atoms with Crippen LogP contribution in [0, 0.1) is 23.7 Å². The van der Waals surface area contributed by atoms with Gasteiger partial charge in [0.2, 0.25) is 23.6 Å². The molecular weight excluding hydrogens is 1070 g/mol. The van der Waals surface area contributed by atoms with Crippen LogP contribution in [0.25, 0.3) is 0 Å². The van der Waals surface area contributed by atoms with Crippen molar-refractivity contribution in [2.45, 2.75) is 165 Å². The molecule has 4 fully saturated rings. The molecule has 6 rings (SSSR count). The average molecular weight is 1160 g/mol. The van der Waals surface area contributed by atoms with E-state index in [1.54, 1.807) is 58.2 Å². The Morgan fingerprint density at radius 2 is 1.80 bits per heavy atom. The number of epoxide rings is 1. The fraction of sp³-hybridized carbons (Fsp3) is 0.655. The highest BCUT2D eigenvalue weighted by Gasteiger charge is 2.64. The van der Waals surface area contributed by atoms with Crippen molar-refractivity contribution in [3.8, 4) is 5.75 Å². The van der Waals surface area contributed by atoms with E-state index >= 15 is 0 Å². The summed E-state index contributed by atoms with van der Waals surface area (Å²) in [6, 6.07) is 1.94. The highest BCUT2D eigenvalue weighted by molar-refractivity contribution is 8.00. The van der Waals surface area contributed by atoms with Crippen LogP contribution in [0.4, 0.5) is 10.5 Å². The number of thioether (sulfide) groups is 1. The molecule has 5 N–H and O–H groups in total. The number of likely N-dealkylation sites (N-methyl/N-ethyl adjacent to an activating group) is 1. The number of anilines is 1. The minimum Gasteiger partial charge on any atom is -0.495 e. The number of amides is 5. The van der Waals surface area contributed by atoms with Crippen molar-refractivity contribution in [3.05, 3.63) is 59.2 Å². The third-order valence-corrected chi connectivity index (χ3v) is 18.3. The summed E-state index contributed by atoms with van der Waals surface area (Å²) < 4.78 is 29.5. The fourth-order valence-corrected chi connectivity index (χ4v) is 12.6. The zero-order valence-corrected chi connectivity index (χ0v) is 49.4. The number of imide groups is 1. The predicted octanol–water partition coefficient (Wildman–Crippen LogP) is 5.62. The molecule has 2 unspecified atom stereocenters. The first-order valence-corrected chi connectivity index (χ1v) is 29.3. The van der Waals surface area contributed by atoms with Crippen LogP contribution >= 0.6 is 23.4 Å². The van der Waals surface area contributed by atoms with Gasteiger partial charge in [-0.1, -0.05) is 61.7 Å². The van der Waals surface area contributed by atoms with Crippen LogP contribution in [0.1, 0.15) is 111 Å². The monoisotopic (exact) mass is 1150 g/mol. The molecule has 11 atom stereocenters. The number of methoxy groups -OCH3 is 2. The summed E-state index contributed by atoms with van der Waals surface area (Å²) in [6.07, 6.45) is 6.62. The van der Waals surface area contributed by atoms with Crippen LogP contribution in [0.15, 0.2) is 48.6 Å². The number of rotatable bonds is 22. The van der Waals surface area contributed by atoms with E-state index in [-0.39, 0.29) is 84.3 Å². The van der Waals surface area contributed by atoms with E-state index < -0.39 is 89.3 Å². The molecule has 1 aromatic rings. The predicted molar refractivity (Wildman–Crippen MR) is 303 cm³/mol. The number of carbonyl (C=O) groups excluding carboxylic acids is 8. The Morgan fingerprint density at radius 3 is 2.46 bits per heavy atom. The van der Waals surface area contributed by atoms with Gasteiger partial charge in [0.25, 0.3) is 0 Å². The minimum absolute atomic E-state index is 0.000608. The molecule has 0 spiro atoms. The molecule has 1 saturated carbocycles. The number of esters is 1. The molecule has 442 valence electrons. The second-order valence-corrected chi connectivity index (χ2v) is 24.1. The number of carbonyl (C=O) groups is 8. The molecule has 80 heavy (non-hydrogen) atoms. The van der Waals surface area contributed by atoms with Gasteiger partial charge in [-0.25, -0.2) is 9.59 Å². The molecule has 4 bridgehead atoms. The fourth-order valence-electron chi connectivity index (χ4n) is 11.2. The van der Waals surface area contributed by atoms with Gasteiger partial charge in [-0.05, 0) is 95.9 Å². The maximum Gasteiger partial charge on any atom is 0.409 e. The Hall–Kier alpha value is -5.16. The molecule has 22 heteroatoms. The number of nitrogens with zero attached hydrogens (tertiary/aromatic N) is 3. The molecule has 0 radical (unpaired) electrons. The van der Waals surface area contributed by atoms with E-state index in [9.17, 15) is 43.5 Å². The van der Waals surface area contributed by atoms with Gasteiger partial charge in [0.05, 0.1) is 43.2 Å². The molecule has 0 aromatic heterocycles. The number of alkyl carbamates (subject to hydrolysis) is 1. The Labute approximate surface area is 479 Å². The standard InChI is InChI=1S/C58H83ClN6O14S/c1-11-34(3)52(70)40(16-12-13-23-60)61-31-42(66)39-20-18-37(19-21-39)32-65-50(69)28-45(54(65)71)80-24-22-48(67)63(7)36(5)55(72)78-47-29-49(68)64(8)41-26-38(27-43(75-9)51(41)59)25-33(2)15-14-17-46(76-10)58(74)30-44(77-56(73)62-58)35(4)53-57(47,6)79-53/h11,14-15,17,26-27,34-37,39-40,44-47,53,61,74H,1,12-13,16,18-25,28-32,60H2,2-10H3,(H,62,73)/b17-14+,33-15+/t34?,35-,36+,37?,39?,40+,44+,45?,46-,47+,53+,57+,58+/m1/s1. The first-order valence-electron chi connectivity index (χ1n) is 27.8. The molecule has 4 aliphatic heterocycles. The summed E-state index contributed by atoms with van der Waals surface area (Å²) in [5.74, 6) is -2.86. The van der Waals surface area contributed by atoms with Crippen molar-refractivity contribution in [2.75, 3.05) is 58.6 Å². The molecule has 5 aliphatic rings. The van der Waals surface area contributed by atoms with Gasteiger partial charge < -0.3 is 49.6 Å². The number of hydrogen-bond donors (Lipinski definition) is 4. The molecule has 1 aliphatic carbocycles. The average Bonchev–Trinajstić information content (AvgIpc) is 4.06. The van der Waals surface area contributed by atoms with E-state index in [1.807, 2.05) is 13.0 Å². The first-order chi connectivity index (χ1) is 37.9. The summed E-state index contributed by atoms with van der Waals surface area (Å²) in [5.41, 5.74) is 4.47. The van der Waals surface area contributed by atoms with E-state index in [4.69, 9.17) is 41.0 Å². The summed E-state index contributed by atoms with van der Waals surface area (Å²) in [6.45, 7) is 13.3. The normalized spacial score (nSPS) is 30.4. The summed E-state index contributed by atoms with van der Waals surface area (Å²) in [7, 11) is 5.89. The van der Waals surface area contributed by atoms with Crippen LogP contribution < -0.4 is 26.0 Å². The summed E-state index contributed by atoms with van der Waals surface area (Å²) in [4.78, 5) is 112. The van der Waals surface area contributed by atoms with Gasteiger partial charge in [-0.15, -0.1) is 18.3 Å². The number of Topliss-reactive ketones (excluding diaryl/α,β-unsaturated/α-hetero) is 2.